The smallest absolute Gasteiger partial charge is 0.261 e. The molecule has 0 fully saturated rings. The molecule has 0 radical (unpaired) electrons. The van der Waals surface area contributed by atoms with Crippen LogP contribution in [0.1, 0.15) is 41.4 Å². The van der Waals surface area contributed by atoms with E-state index in [0.29, 0.717) is 76.7 Å². The van der Waals surface area contributed by atoms with E-state index >= 15 is 0 Å². The van der Waals surface area contributed by atoms with Crippen molar-refractivity contribution < 1.29 is 39.6 Å². The summed E-state index contributed by atoms with van der Waals surface area (Å²) in [5.41, 5.74) is 2.34. The van der Waals surface area contributed by atoms with E-state index < -0.39 is 23.6 Å². The molecule has 46 heavy (non-hydrogen) atoms. The van der Waals surface area contributed by atoms with Crippen molar-refractivity contribution in [1.29, 1.82) is 0 Å². The Morgan fingerprint density at radius 1 is 0.478 bits per heavy atom. The van der Waals surface area contributed by atoms with Crippen LogP contribution in [0, 0.1) is 0 Å². The van der Waals surface area contributed by atoms with Crippen LogP contribution < -0.4 is 9.80 Å². The second-order valence-corrected chi connectivity index (χ2v) is 11.7. The molecule has 5 aromatic carbocycles. The van der Waals surface area contributed by atoms with Gasteiger partial charge in [0.05, 0.1) is 37.6 Å². The molecule has 0 saturated carbocycles. The minimum Gasteiger partial charge on any atom is -0.395 e. The number of hydrogen-bond donors (Lipinski definition) is 4. The van der Waals surface area contributed by atoms with Crippen molar-refractivity contribution in [3.8, 4) is 0 Å². The summed E-state index contributed by atoms with van der Waals surface area (Å²) in [5.74, 6) is -1.90. The highest BCUT2D eigenvalue weighted by atomic mass is 16.3. The number of fused-ring (bicyclic) bond motifs is 2. The molecule has 2 aliphatic heterocycles. The highest BCUT2D eigenvalue weighted by Gasteiger charge is 2.37. The van der Waals surface area contributed by atoms with Gasteiger partial charge in [0.1, 0.15) is 0 Å². The van der Waals surface area contributed by atoms with Gasteiger partial charge in [-0.2, -0.15) is 0 Å². The highest BCUT2D eigenvalue weighted by molar-refractivity contribution is 6.44. The third kappa shape index (κ3) is 3.88. The molecular weight excluding hydrogens is 592 g/mol. The third-order valence-electron chi connectivity index (χ3n) is 9.36. The van der Waals surface area contributed by atoms with Gasteiger partial charge in [-0.3, -0.25) is 29.0 Å². The lowest BCUT2D eigenvalue weighted by atomic mass is 9.80. The van der Waals surface area contributed by atoms with Crippen LogP contribution >= 0.6 is 0 Å². The fraction of sp³-hybridized carbons (Fsp3) is 0.294. The maximum absolute atomic E-state index is 13.7. The molecule has 4 amide bonds. The van der Waals surface area contributed by atoms with Gasteiger partial charge in [0.2, 0.25) is 0 Å². The average molecular weight is 625 g/mol. The molecule has 2 heterocycles. The molecule has 0 unspecified atom stereocenters. The zero-order valence-corrected chi connectivity index (χ0v) is 25.3. The summed E-state index contributed by atoms with van der Waals surface area (Å²) in [7, 11) is 2.85. The quantitative estimate of drug-likeness (QED) is 0.102. The molecule has 0 saturated heterocycles. The first kappa shape index (κ1) is 29.8. The fourth-order valence-electron chi connectivity index (χ4n) is 7.35. The van der Waals surface area contributed by atoms with Crippen LogP contribution in [0.25, 0.3) is 43.1 Å². The van der Waals surface area contributed by atoms with Crippen LogP contribution in [0.5, 0.6) is 0 Å². The minimum atomic E-state index is -0.493. The normalized spacial score (nSPS) is 14.7. The van der Waals surface area contributed by atoms with Crippen molar-refractivity contribution >= 4 is 78.1 Å². The molecule has 12 nitrogen and oxygen atoms in total. The average Bonchev–Trinajstić information content (AvgIpc) is 3.06. The lowest BCUT2D eigenvalue weighted by molar-refractivity contribution is 0.0635. The maximum atomic E-state index is 13.7. The second-order valence-electron chi connectivity index (χ2n) is 11.7. The van der Waals surface area contributed by atoms with Crippen LogP contribution in [0.4, 0.5) is 11.4 Å². The van der Waals surface area contributed by atoms with E-state index in [0.717, 1.165) is 9.80 Å². The van der Waals surface area contributed by atoms with Gasteiger partial charge in [-0.15, -0.1) is 0 Å². The summed E-state index contributed by atoms with van der Waals surface area (Å²) in [6.45, 7) is -0.404. The van der Waals surface area contributed by atoms with Crippen molar-refractivity contribution in [3.05, 3.63) is 58.7 Å². The van der Waals surface area contributed by atoms with Crippen molar-refractivity contribution in [1.82, 2.24) is 9.80 Å². The molecule has 0 bridgehead atoms. The molecule has 4 N–H and O–H groups in total. The van der Waals surface area contributed by atoms with Crippen LogP contribution in [0.2, 0.25) is 0 Å². The largest absolute Gasteiger partial charge is 0.395 e. The topological polar surface area (TPSA) is 162 Å². The molecule has 12 heteroatoms. The predicted molar refractivity (Wildman–Crippen MR) is 173 cm³/mol. The van der Waals surface area contributed by atoms with Crippen molar-refractivity contribution in [2.45, 2.75) is 0 Å². The van der Waals surface area contributed by atoms with E-state index in [1.54, 1.807) is 46.2 Å². The molecule has 0 aromatic heterocycles. The van der Waals surface area contributed by atoms with E-state index in [9.17, 15) is 39.6 Å². The zero-order chi connectivity index (χ0) is 32.6. The number of carbonyl (C=O) groups excluding carboxylic acids is 4. The molecule has 0 aliphatic carbocycles. The van der Waals surface area contributed by atoms with Crippen molar-refractivity contribution in [2.24, 2.45) is 0 Å². The van der Waals surface area contributed by atoms with Crippen LogP contribution in [0.15, 0.2) is 36.4 Å². The second kappa shape index (κ2) is 10.9. The summed E-state index contributed by atoms with van der Waals surface area (Å²) in [6, 6.07) is 10.3. The lowest BCUT2D eigenvalue weighted by Crippen LogP contribution is -2.38. The molecule has 5 aromatic rings. The molecule has 0 spiro atoms. The number of aliphatic hydroxyl groups excluding tert-OH is 4. The van der Waals surface area contributed by atoms with E-state index in [2.05, 4.69) is 0 Å². The van der Waals surface area contributed by atoms with Crippen molar-refractivity contribution in [3.63, 3.8) is 0 Å². The van der Waals surface area contributed by atoms with Gasteiger partial charge < -0.3 is 30.2 Å². The third-order valence-corrected chi connectivity index (χ3v) is 9.36. The summed E-state index contributed by atoms with van der Waals surface area (Å²) in [5, 5.41) is 44.8. The van der Waals surface area contributed by atoms with Crippen molar-refractivity contribution in [2.75, 3.05) is 76.5 Å². The van der Waals surface area contributed by atoms with Gasteiger partial charge in [0.25, 0.3) is 23.6 Å². The maximum Gasteiger partial charge on any atom is 0.261 e. The van der Waals surface area contributed by atoms with Gasteiger partial charge in [-0.05, 0) is 35.0 Å². The van der Waals surface area contributed by atoms with E-state index in [1.165, 1.54) is 14.1 Å². The summed E-state index contributed by atoms with van der Waals surface area (Å²) >= 11 is 0. The highest BCUT2D eigenvalue weighted by Crippen LogP contribution is 2.51. The first-order chi connectivity index (χ1) is 22.2. The molecule has 236 valence electrons. The Hall–Kier alpha value is -4.88. The first-order valence-corrected chi connectivity index (χ1v) is 15.1. The van der Waals surface area contributed by atoms with Crippen LogP contribution in [-0.4, -0.2) is 121 Å². The van der Waals surface area contributed by atoms with Gasteiger partial charge in [-0.1, -0.05) is 12.1 Å². The number of anilines is 2. The van der Waals surface area contributed by atoms with E-state index in [-0.39, 0.29) is 52.6 Å². The summed E-state index contributed by atoms with van der Waals surface area (Å²) in [4.78, 5) is 60.0. The Labute approximate surface area is 262 Å². The number of amides is 4. The number of aliphatic hydroxyl groups is 4. The molecule has 0 atom stereocenters. The molecule has 7 rings (SSSR count). The Morgan fingerprint density at radius 3 is 1.13 bits per heavy atom. The number of benzene rings is 5. The van der Waals surface area contributed by atoms with E-state index in [4.69, 9.17) is 0 Å². The van der Waals surface area contributed by atoms with Gasteiger partial charge in [0, 0.05) is 95.1 Å². The lowest BCUT2D eigenvalue weighted by Gasteiger charge is -2.33. The van der Waals surface area contributed by atoms with Gasteiger partial charge >= 0.3 is 0 Å². The predicted octanol–water partition coefficient (Wildman–Crippen LogP) is 1.77. The Balaban J connectivity index is 1.80. The first-order valence-electron chi connectivity index (χ1n) is 15.1. The molecule has 2 aliphatic rings. The summed E-state index contributed by atoms with van der Waals surface area (Å²) < 4.78 is 0. The number of hydrogen-bond acceptors (Lipinski definition) is 10. The SMILES string of the molecule is CN1C(=O)c2ccc3c4c(N(CCO)CCO)cc5c6c(ccc(c7c(N(CCO)CCO)cc(c2c37)C1=O)c64)C(=O)N(C)C5=O. The number of nitrogens with zero attached hydrogens (tertiary/aromatic N) is 4. The Bertz CT molecular complexity index is 1980. The molecular formula is C34H32N4O8. The van der Waals surface area contributed by atoms with Crippen LogP contribution in [0.3, 0.4) is 0 Å². The minimum absolute atomic E-state index is 0.137. The zero-order valence-electron chi connectivity index (χ0n) is 25.3. The monoisotopic (exact) mass is 624 g/mol. The Morgan fingerprint density at radius 2 is 0.804 bits per heavy atom. The van der Waals surface area contributed by atoms with Gasteiger partial charge in [-0.25, -0.2) is 0 Å². The summed E-state index contributed by atoms with van der Waals surface area (Å²) in [6.07, 6.45) is 0. The van der Waals surface area contributed by atoms with Gasteiger partial charge in [0.15, 0.2) is 0 Å². The van der Waals surface area contributed by atoms with Crippen LogP contribution in [-0.2, 0) is 0 Å². The number of imide groups is 2. The Kier molecular flexibility index (Phi) is 7.05. The fourth-order valence-corrected chi connectivity index (χ4v) is 7.35. The standard InChI is InChI=1S/C34H32N4O8/c1-35-31(43)19-5-3-17-28-24(38(9-13-41)10-14-42)16-22-26-20(32(44)36(2)34(22)46)6-4-18(30(26)28)27-23(37(7-11-39)8-12-40)15-21(33(35)45)25(19)29(17)27/h3-6,15-16,39-42H,7-14H2,1-2H3. The van der Waals surface area contributed by atoms with E-state index in [1.807, 2.05) is 0 Å². The number of carbonyl (C=O) groups is 4. The number of rotatable bonds is 10.